The van der Waals surface area contributed by atoms with Gasteiger partial charge < -0.3 is 4.74 Å². The number of sulfonamides is 2. The number of nitrogens with one attached hydrogen (secondary N) is 1. The van der Waals surface area contributed by atoms with Gasteiger partial charge in [-0.1, -0.05) is 33.9 Å². The number of nitrogens with zero attached hydrogens (tertiary/aromatic N) is 1. The van der Waals surface area contributed by atoms with Gasteiger partial charge in [-0.25, -0.2) is 21.2 Å². The summed E-state index contributed by atoms with van der Waals surface area (Å²) in [5.74, 6) is -0.877. The smallest absolute Gasteiger partial charge is 0.310 e. The fourth-order valence-corrected chi connectivity index (χ4v) is 9.50. The van der Waals surface area contributed by atoms with Crippen LogP contribution in [-0.4, -0.2) is 55.0 Å². The number of hydrogen-bond donors (Lipinski definition) is 1. The average molecular weight is 491 g/mol. The van der Waals surface area contributed by atoms with Gasteiger partial charge in [0.2, 0.25) is 20.0 Å². The number of rotatable bonds is 7. The Hall–Kier alpha value is -1.27. The number of benzene rings is 1. The summed E-state index contributed by atoms with van der Waals surface area (Å²) < 4.78 is 60.9. The Kier molecular flexibility index (Phi) is 7.80. The van der Waals surface area contributed by atoms with E-state index >= 15 is 0 Å². The molecule has 0 unspecified atom stereocenters. The van der Waals surface area contributed by atoms with E-state index in [2.05, 4.69) is 4.39 Å². The van der Waals surface area contributed by atoms with Crippen molar-refractivity contribution in [2.45, 2.75) is 68.5 Å². The van der Waals surface area contributed by atoms with E-state index in [1.165, 1.54) is 28.6 Å². The molecule has 1 aliphatic rings. The van der Waals surface area contributed by atoms with Gasteiger partial charge in [0.25, 0.3) is 0 Å². The molecule has 0 saturated carbocycles. The third kappa shape index (κ3) is 5.95. The zero-order valence-corrected chi connectivity index (χ0v) is 21.8. The van der Waals surface area contributed by atoms with Crippen LogP contribution in [0, 0.1) is 5.92 Å². The van der Waals surface area contributed by atoms with Crippen LogP contribution in [0.1, 0.15) is 40.5 Å². The summed E-state index contributed by atoms with van der Waals surface area (Å²) in [6.45, 7) is 12.2. The summed E-state index contributed by atoms with van der Waals surface area (Å²) in [7, 11) is -9.95. The van der Waals surface area contributed by atoms with E-state index in [0.717, 1.165) is 0 Å². The highest BCUT2D eigenvalue weighted by molar-refractivity contribution is 7.91. The first-order chi connectivity index (χ1) is 14.1. The van der Waals surface area contributed by atoms with Crippen molar-refractivity contribution in [3.63, 3.8) is 0 Å². The molecule has 1 atom stereocenters. The third-order valence-electron chi connectivity index (χ3n) is 6.04. The Labute approximate surface area is 187 Å². The molecule has 1 heterocycles. The maximum Gasteiger partial charge on any atom is 0.310 e. The number of hydrogen-bond acceptors (Lipinski definition) is 6. The molecule has 11 heteroatoms. The van der Waals surface area contributed by atoms with Crippen molar-refractivity contribution in [1.82, 2.24) is 8.69 Å². The van der Waals surface area contributed by atoms with E-state index in [9.17, 15) is 21.6 Å². The minimum atomic E-state index is -3.85. The zero-order valence-electron chi connectivity index (χ0n) is 19.1. The molecule has 31 heavy (non-hydrogen) atoms. The Bertz CT molecular complexity index is 999. The number of piperidine rings is 1. The highest BCUT2D eigenvalue weighted by atomic mass is 32.2. The molecule has 0 radical (unpaired) electrons. The highest BCUT2D eigenvalue weighted by Crippen LogP contribution is 2.35. The van der Waals surface area contributed by atoms with Crippen LogP contribution in [0.5, 0.6) is 0 Å². The van der Waals surface area contributed by atoms with Crippen molar-refractivity contribution in [3.05, 3.63) is 24.3 Å². The van der Waals surface area contributed by atoms with Crippen molar-refractivity contribution < 1.29 is 26.4 Å². The van der Waals surface area contributed by atoms with Crippen LogP contribution in [0.4, 0.5) is 0 Å². The summed E-state index contributed by atoms with van der Waals surface area (Å²) >= 11 is 0. The van der Waals surface area contributed by atoms with Gasteiger partial charge in [-0.3, -0.25) is 4.79 Å². The molecule has 0 aromatic heterocycles. The molecule has 0 amide bonds. The number of carbonyl (C=O) groups excluding carboxylic acids is 1. The Morgan fingerprint density at radius 3 is 2.19 bits per heavy atom. The molecular weight excluding hydrogens is 456 g/mol. The van der Waals surface area contributed by atoms with Crippen LogP contribution in [0.2, 0.25) is 18.1 Å². The first-order valence-corrected chi connectivity index (χ1v) is 16.3. The molecule has 1 N–H and O–H groups in total. The number of esters is 1. The van der Waals surface area contributed by atoms with Gasteiger partial charge in [0, 0.05) is 13.1 Å². The van der Waals surface area contributed by atoms with Crippen LogP contribution in [0.3, 0.4) is 0 Å². The summed E-state index contributed by atoms with van der Waals surface area (Å²) in [6.07, 6.45) is 1.15. The summed E-state index contributed by atoms with van der Waals surface area (Å²) in [5, 5.41) is -0.187. The van der Waals surface area contributed by atoms with Crippen molar-refractivity contribution in [2.75, 3.05) is 19.7 Å². The van der Waals surface area contributed by atoms with Crippen LogP contribution in [-0.2, 0) is 29.6 Å². The predicted molar refractivity (Wildman–Crippen MR) is 122 cm³/mol. The van der Waals surface area contributed by atoms with Gasteiger partial charge >= 0.3 is 5.97 Å². The largest absolute Gasteiger partial charge is 0.466 e. The Morgan fingerprint density at radius 1 is 1.13 bits per heavy atom. The topological polar surface area (TPSA) is 110 Å². The van der Waals surface area contributed by atoms with Crippen LogP contribution in [0.25, 0.3) is 0 Å². The second kappa shape index (κ2) is 9.30. The van der Waals surface area contributed by atoms with Gasteiger partial charge in [0.15, 0.2) is 0 Å². The molecule has 1 saturated heterocycles. The first kappa shape index (κ1) is 26.0. The Balaban J connectivity index is 2.23. The second-order valence-electron chi connectivity index (χ2n) is 9.41. The lowest BCUT2D eigenvalue weighted by Crippen LogP contribution is -2.54. The van der Waals surface area contributed by atoms with E-state index in [0.29, 0.717) is 19.4 Å². The quantitative estimate of drug-likeness (QED) is 0.465. The summed E-state index contributed by atoms with van der Waals surface area (Å²) in [5.41, 5.74) is 0. The van der Waals surface area contributed by atoms with Crippen molar-refractivity contribution in [2.24, 2.45) is 5.92 Å². The molecule has 1 aliphatic heterocycles. The van der Waals surface area contributed by atoms with Gasteiger partial charge in [-0.15, -0.1) is 0 Å². The van der Waals surface area contributed by atoms with Gasteiger partial charge in [0.1, 0.15) is 8.24 Å². The van der Waals surface area contributed by atoms with Crippen molar-refractivity contribution in [3.8, 4) is 0 Å². The van der Waals surface area contributed by atoms with Gasteiger partial charge in [0.05, 0.1) is 22.3 Å². The van der Waals surface area contributed by atoms with E-state index in [4.69, 9.17) is 4.74 Å². The van der Waals surface area contributed by atoms with E-state index in [1.54, 1.807) is 6.92 Å². The average Bonchev–Trinajstić information content (AvgIpc) is 2.66. The molecule has 1 aromatic rings. The minimum absolute atomic E-state index is 0.00304. The van der Waals surface area contributed by atoms with Gasteiger partial charge in [-0.2, -0.15) is 4.31 Å². The summed E-state index contributed by atoms with van der Waals surface area (Å²) in [4.78, 5) is 12.1. The second-order valence-corrected chi connectivity index (χ2v) is 18.4. The van der Waals surface area contributed by atoms with E-state index in [-0.39, 0.29) is 34.0 Å². The number of ether oxygens (including phenoxy) is 1. The molecule has 1 aromatic carbocycles. The lowest BCUT2D eigenvalue weighted by Gasteiger charge is -2.36. The summed E-state index contributed by atoms with van der Waals surface area (Å²) in [6, 6.07) is 5.25. The van der Waals surface area contributed by atoms with Crippen molar-refractivity contribution >= 4 is 34.3 Å². The normalized spacial score (nSPS) is 19.2. The van der Waals surface area contributed by atoms with Gasteiger partial charge in [-0.05, 0) is 49.1 Å². The minimum Gasteiger partial charge on any atom is -0.466 e. The number of carbonyl (C=O) groups is 1. The van der Waals surface area contributed by atoms with E-state index in [1.807, 2.05) is 33.9 Å². The third-order valence-corrected chi connectivity index (χ3v) is 15.7. The maximum absolute atomic E-state index is 13.1. The standard InChI is InChI=1S/C20H34N2O6S2Si/c1-7-28-19(23)16-9-8-14-22(15-16)30(26,27)18-12-10-17(11-13-18)29(24,25)21-31(5,6)20(2,3)4/h10-13,16,21H,7-9,14-15H2,1-6H3/t16-/m1/s1. The Morgan fingerprint density at radius 2 is 1.68 bits per heavy atom. The molecule has 0 bridgehead atoms. The monoisotopic (exact) mass is 490 g/mol. The van der Waals surface area contributed by atoms with Crippen LogP contribution >= 0.6 is 0 Å². The van der Waals surface area contributed by atoms with E-state index < -0.39 is 34.2 Å². The highest BCUT2D eigenvalue weighted by Gasteiger charge is 2.39. The lowest BCUT2D eigenvalue weighted by atomic mass is 10.0. The molecule has 2 rings (SSSR count). The fourth-order valence-electron chi connectivity index (χ4n) is 3.10. The van der Waals surface area contributed by atoms with Crippen LogP contribution < -0.4 is 4.39 Å². The molecule has 0 aliphatic carbocycles. The van der Waals surface area contributed by atoms with Crippen LogP contribution in [0.15, 0.2) is 34.1 Å². The molecule has 8 nitrogen and oxygen atoms in total. The maximum atomic E-state index is 13.1. The molecule has 0 spiro atoms. The molecule has 176 valence electrons. The fraction of sp³-hybridized carbons (Fsp3) is 0.650. The van der Waals surface area contributed by atoms with Crippen molar-refractivity contribution in [1.29, 1.82) is 0 Å². The molecule has 1 fully saturated rings. The lowest BCUT2D eigenvalue weighted by molar-refractivity contribution is -0.149. The molecular formula is C20H34N2O6S2Si. The first-order valence-electron chi connectivity index (χ1n) is 10.4. The zero-order chi connectivity index (χ0) is 23.7. The predicted octanol–water partition coefficient (Wildman–Crippen LogP) is 2.93. The SMILES string of the molecule is CCOC(=O)[C@@H]1CCCN(S(=O)(=O)c2ccc(S(=O)(=O)N[Si](C)(C)C(C)(C)C)cc2)C1.